The first-order valence-corrected chi connectivity index (χ1v) is 1.73. The molecule has 0 amide bonds. The summed E-state index contributed by atoms with van der Waals surface area (Å²) in [5, 5.41) is 0. The van der Waals surface area contributed by atoms with Crippen LogP contribution in [-0.4, -0.2) is 8.41 Å². The zero-order valence-electron chi connectivity index (χ0n) is 1.65. The Hall–Kier alpha value is 0.415. The van der Waals surface area contributed by atoms with Crippen molar-refractivity contribution in [3.8, 4) is 0 Å². The predicted octanol–water partition coefficient (Wildman–Crippen LogP) is -1.77. The molecule has 0 saturated carbocycles. The second-order valence-electron chi connectivity index (χ2n) is 0.167. The van der Waals surface area contributed by atoms with E-state index in [1.807, 2.05) is 0 Å². The summed E-state index contributed by atoms with van der Waals surface area (Å²) >= 11 is 0. The van der Waals surface area contributed by atoms with Crippen molar-refractivity contribution in [1.29, 1.82) is 0 Å². The molecule has 0 heterocycles. The largest absolute Gasteiger partial charge is 0.300 e. The second-order valence-corrected chi connectivity index (χ2v) is 0.500. The fourth-order valence-corrected chi connectivity index (χ4v) is 0. The molecule has 4 N–H and O–H groups in total. The molecule has 0 saturated heterocycles. The predicted molar refractivity (Wildman–Crippen MR) is 26.6 cm³/mol. The van der Waals surface area contributed by atoms with Gasteiger partial charge in [-0.15, -0.1) is 0 Å². The highest BCUT2D eigenvalue weighted by Crippen LogP contribution is 1.62. The Labute approximate surface area is 29.4 Å². The molecule has 0 aliphatic rings. The third kappa shape index (κ3) is 28.1. The third-order valence-electron chi connectivity index (χ3n) is 0. The van der Waals surface area contributed by atoms with E-state index >= 15 is 0 Å². The van der Waals surface area contributed by atoms with Crippen molar-refractivity contribution in [2.24, 2.45) is 11.0 Å². The van der Waals surface area contributed by atoms with E-state index in [0.29, 0.717) is 0 Å². The lowest BCUT2D eigenvalue weighted by Crippen LogP contribution is -1.78. The van der Waals surface area contributed by atoms with Crippen LogP contribution in [0.4, 0.5) is 0 Å². The van der Waals surface area contributed by atoms with Crippen molar-refractivity contribution in [3.05, 3.63) is 0 Å². The first-order chi connectivity index (χ1) is 1.41. The first-order valence-electron chi connectivity index (χ1n) is 0.577. The fourth-order valence-electron chi connectivity index (χ4n) is 0. The topological polar surface area (TPSA) is 52.0 Å². The average Bonchev–Trinajstić information content (AvgIpc) is 0.918. The molecule has 0 rings (SSSR count). The summed E-state index contributed by atoms with van der Waals surface area (Å²) in [5.74, 6) is 0. The highest BCUT2D eigenvalue weighted by Gasteiger charge is 1.28. The summed E-state index contributed by atoms with van der Waals surface area (Å²) in [4.78, 5) is 0. The van der Waals surface area contributed by atoms with Gasteiger partial charge in [0.2, 0.25) is 0 Å². The minimum atomic E-state index is 0. The minimum Gasteiger partial charge on any atom is -0.300 e. The maximum absolute atomic E-state index is 4.65. The van der Waals surface area contributed by atoms with Gasteiger partial charge in [0.25, 0.3) is 0 Å². The molecule has 0 fully saturated rings. The molecule has 2 nitrogen and oxygen atoms in total. The molecule has 0 unspecified atom stereocenters. The highest BCUT2D eigenvalue weighted by atomic mass is 31.1. The van der Waals surface area contributed by atoms with Gasteiger partial charge in [-0.3, -0.25) is 0 Å². The van der Waals surface area contributed by atoms with Crippen molar-refractivity contribution in [2.75, 3.05) is 0 Å². The summed E-state index contributed by atoms with van der Waals surface area (Å²) in [6.45, 7) is 0. The Morgan fingerprint density at radius 1 is 1.25 bits per heavy atom. The van der Waals surface area contributed by atoms with Crippen LogP contribution in [0, 0.1) is 0 Å². The van der Waals surface area contributed by atoms with Crippen LogP contribution in [0.3, 0.4) is 0 Å². The van der Waals surface area contributed by atoms with Crippen molar-refractivity contribution in [1.82, 2.24) is 0 Å². The summed E-state index contributed by atoms with van der Waals surface area (Å²) in [6.07, 6.45) is 0. The molecule has 4 heteroatoms. The molecular formula is H8BN2P. The van der Waals surface area contributed by atoms with Crippen molar-refractivity contribution in [2.45, 2.75) is 0 Å². The fraction of sp³-hybridized carbons (Fsp3) is 0. The number of nitrogens with two attached hydrogens (primary N) is 2. The first kappa shape index (κ1) is 8.83. The molecule has 0 aliphatic heterocycles. The average molecular weight is 77.9 g/mol. The van der Waals surface area contributed by atoms with E-state index in [-0.39, 0.29) is 17.3 Å². The van der Waals surface area contributed by atoms with Crippen molar-refractivity contribution in [3.63, 3.8) is 0 Å². The Balaban J connectivity index is 0. The summed E-state index contributed by atoms with van der Waals surface area (Å²) in [7, 11) is 0.0833. The van der Waals surface area contributed by atoms with Crippen LogP contribution in [0.15, 0.2) is 0 Å². The van der Waals surface area contributed by atoms with E-state index in [1.165, 1.54) is 0 Å². The highest BCUT2D eigenvalue weighted by molar-refractivity contribution is 7.32. The maximum Gasteiger partial charge on any atom is 0.0814 e. The van der Waals surface area contributed by atoms with Gasteiger partial charge in [0, 0.05) is 8.88 Å². The summed E-state index contributed by atoms with van der Waals surface area (Å²) < 4.78 is 0. The van der Waals surface area contributed by atoms with E-state index in [4.69, 9.17) is 0 Å². The zero-order valence-corrected chi connectivity index (χ0v) is 2.65. The molecule has 0 aliphatic carbocycles. The standard InChI is InChI=1S/BH3.H5N2P/c;1-3-2/h1H3;3H,1-2H2. The minimum absolute atomic E-state index is 0. The molecule has 0 atom stereocenters. The van der Waals surface area contributed by atoms with Gasteiger partial charge >= 0.3 is 0 Å². The number of hydrogen-bond acceptors (Lipinski definition) is 2. The van der Waals surface area contributed by atoms with Crippen molar-refractivity contribution >= 4 is 17.3 Å². The normalized spacial score (nSPS) is 4.50. The molecule has 4 heavy (non-hydrogen) atoms. The Morgan fingerprint density at radius 3 is 1.25 bits per heavy atom. The van der Waals surface area contributed by atoms with E-state index in [0.717, 1.165) is 0 Å². The second kappa shape index (κ2) is 9.95. The van der Waals surface area contributed by atoms with Gasteiger partial charge in [-0.2, -0.15) is 0 Å². The van der Waals surface area contributed by atoms with Gasteiger partial charge in [0.05, 0.1) is 8.41 Å². The van der Waals surface area contributed by atoms with Crippen LogP contribution in [0.25, 0.3) is 0 Å². The van der Waals surface area contributed by atoms with Crippen LogP contribution in [0.1, 0.15) is 0 Å². The van der Waals surface area contributed by atoms with Crippen LogP contribution in [0.2, 0.25) is 0 Å². The molecule has 0 aromatic heterocycles. The van der Waals surface area contributed by atoms with Gasteiger partial charge in [-0.1, -0.05) is 0 Å². The lowest BCUT2D eigenvalue weighted by molar-refractivity contribution is 1.87. The summed E-state index contributed by atoms with van der Waals surface area (Å²) in [6, 6.07) is 0. The van der Waals surface area contributed by atoms with E-state index in [9.17, 15) is 0 Å². The van der Waals surface area contributed by atoms with Gasteiger partial charge in [0.1, 0.15) is 0 Å². The quantitative estimate of drug-likeness (QED) is 0.266. The Kier molecular flexibility index (Phi) is 22.0. The van der Waals surface area contributed by atoms with E-state index < -0.39 is 0 Å². The van der Waals surface area contributed by atoms with Crippen LogP contribution in [-0.2, 0) is 0 Å². The van der Waals surface area contributed by atoms with Gasteiger partial charge in [-0.25, -0.2) is 0 Å². The lowest BCUT2D eigenvalue weighted by atomic mass is 10.8. The van der Waals surface area contributed by atoms with Crippen molar-refractivity contribution < 1.29 is 0 Å². The molecule has 26 valence electrons. The molecule has 0 aromatic rings. The van der Waals surface area contributed by atoms with E-state index in [2.05, 4.69) is 11.0 Å². The summed E-state index contributed by atoms with van der Waals surface area (Å²) in [5.41, 5.74) is 9.31. The third-order valence-corrected chi connectivity index (χ3v) is 0. The number of rotatable bonds is 0. The van der Waals surface area contributed by atoms with Gasteiger partial charge in [-0.05, 0) is 0 Å². The van der Waals surface area contributed by atoms with Gasteiger partial charge < -0.3 is 11.0 Å². The molecule has 0 aromatic carbocycles. The van der Waals surface area contributed by atoms with Crippen LogP contribution < -0.4 is 11.0 Å². The van der Waals surface area contributed by atoms with E-state index in [1.54, 1.807) is 0 Å². The lowest BCUT2D eigenvalue weighted by Gasteiger charge is -1.57. The molecule has 0 radical (unpaired) electrons. The van der Waals surface area contributed by atoms with Crippen LogP contribution in [0.5, 0.6) is 0 Å². The SMILES string of the molecule is B.NPN. The Morgan fingerprint density at radius 2 is 1.25 bits per heavy atom. The maximum atomic E-state index is 4.65. The smallest absolute Gasteiger partial charge is 0.0814 e. The zero-order chi connectivity index (χ0) is 2.71. The molecule has 0 bridgehead atoms. The number of hydrogen-bond donors (Lipinski definition) is 2. The van der Waals surface area contributed by atoms with Gasteiger partial charge in [0.15, 0.2) is 0 Å². The monoisotopic (exact) mass is 78.1 g/mol. The molecular weight excluding hydrogens is 69.8 g/mol. The molecule has 0 spiro atoms. The van der Waals surface area contributed by atoms with Crippen LogP contribution >= 0.6 is 8.88 Å². The Bertz CT molecular complexity index is 6.00.